The zero-order valence-corrected chi connectivity index (χ0v) is 36.7. The summed E-state index contributed by atoms with van der Waals surface area (Å²) in [5, 5.41) is 0. The SMILES string of the molecule is CC/C=C\C/C=C\C/C=C\C/C=C\C/C=C\C/C=C\CCC(=O)OC(COC(=O)CCCCCCC/C=C\CCCCCC)COP(=O)(O)OCC[N+](C)(C)C. The summed E-state index contributed by atoms with van der Waals surface area (Å²) in [5.74, 6) is -0.916. The molecule has 10 heteroatoms. The van der Waals surface area contributed by atoms with Gasteiger partial charge in [0.25, 0.3) is 0 Å². The van der Waals surface area contributed by atoms with Crippen LogP contribution in [0, 0.1) is 0 Å². The van der Waals surface area contributed by atoms with E-state index >= 15 is 0 Å². The highest BCUT2D eigenvalue weighted by Crippen LogP contribution is 2.43. The number of hydrogen-bond donors (Lipinski definition) is 1. The molecule has 0 aromatic carbocycles. The van der Waals surface area contributed by atoms with Gasteiger partial charge in [0.1, 0.15) is 19.8 Å². The predicted molar refractivity (Wildman–Crippen MR) is 233 cm³/mol. The van der Waals surface area contributed by atoms with Gasteiger partial charge in [-0.25, -0.2) is 4.57 Å². The fourth-order valence-corrected chi connectivity index (χ4v) is 5.83. The van der Waals surface area contributed by atoms with Crippen LogP contribution in [0.3, 0.4) is 0 Å². The summed E-state index contributed by atoms with van der Waals surface area (Å²) >= 11 is 0. The van der Waals surface area contributed by atoms with Crippen LogP contribution in [-0.2, 0) is 32.7 Å². The molecule has 9 nitrogen and oxygen atoms in total. The van der Waals surface area contributed by atoms with Crippen LogP contribution in [0.5, 0.6) is 0 Å². The molecule has 56 heavy (non-hydrogen) atoms. The van der Waals surface area contributed by atoms with E-state index in [9.17, 15) is 19.0 Å². The van der Waals surface area contributed by atoms with Gasteiger partial charge in [0, 0.05) is 12.8 Å². The van der Waals surface area contributed by atoms with Crippen LogP contribution >= 0.6 is 7.82 Å². The minimum absolute atomic E-state index is 0.0124. The number of carbonyl (C=O) groups is 2. The second-order valence-corrected chi connectivity index (χ2v) is 16.4. The van der Waals surface area contributed by atoms with Crippen molar-refractivity contribution in [1.82, 2.24) is 0 Å². The minimum atomic E-state index is -4.40. The fraction of sp³-hybridized carbons (Fsp3) is 0.652. The van der Waals surface area contributed by atoms with Gasteiger partial charge in [-0.05, 0) is 77.0 Å². The summed E-state index contributed by atoms with van der Waals surface area (Å²) in [7, 11) is 1.41. The van der Waals surface area contributed by atoms with Crippen molar-refractivity contribution in [1.29, 1.82) is 0 Å². The van der Waals surface area contributed by atoms with Gasteiger partial charge >= 0.3 is 19.8 Å². The van der Waals surface area contributed by atoms with Gasteiger partial charge in [0.15, 0.2) is 6.10 Å². The van der Waals surface area contributed by atoms with Gasteiger partial charge < -0.3 is 18.9 Å². The van der Waals surface area contributed by atoms with Crippen LogP contribution in [0.2, 0.25) is 0 Å². The standard InChI is InChI=1S/C46H78NO8P/c1-6-8-10-12-14-16-18-20-21-22-23-24-25-27-29-31-33-35-37-39-46(49)55-44(43-54-56(50,51)53-41-40-47(3,4)5)42-52-45(48)38-36-34-32-30-28-26-19-17-15-13-11-9-7-2/h8,10,14,16-17,19-21,23-24,27,29,33,35,44H,6-7,9,11-13,15,18,22,25-26,28,30-32,34,36-43H2,1-5H3/p+1/b10-8-,16-14-,19-17-,21-20-,24-23-,29-27-,35-33-. The number of likely N-dealkylation sites (N-methyl/N-ethyl adjacent to an activating group) is 1. The molecule has 2 atom stereocenters. The molecule has 0 fully saturated rings. The molecule has 0 rings (SSSR count). The Morgan fingerprint density at radius 3 is 1.59 bits per heavy atom. The number of esters is 2. The van der Waals surface area contributed by atoms with Crippen LogP contribution in [0.4, 0.5) is 0 Å². The second-order valence-electron chi connectivity index (χ2n) is 15.0. The molecule has 0 aliphatic carbocycles. The van der Waals surface area contributed by atoms with Crippen molar-refractivity contribution in [2.24, 2.45) is 0 Å². The smallest absolute Gasteiger partial charge is 0.462 e. The highest BCUT2D eigenvalue weighted by molar-refractivity contribution is 7.47. The lowest BCUT2D eigenvalue weighted by atomic mass is 10.1. The third-order valence-corrected chi connectivity index (χ3v) is 9.41. The Bertz CT molecular complexity index is 1230. The highest BCUT2D eigenvalue weighted by atomic mass is 31.2. The summed E-state index contributed by atoms with van der Waals surface area (Å²) in [5.41, 5.74) is 0. The van der Waals surface area contributed by atoms with Crippen molar-refractivity contribution in [3.8, 4) is 0 Å². The molecule has 0 radical (unpaired) electrons. The first kappa shape index (κ1) is 53.2. The number of ether oxygens (including phenoxy) is 2. The number of allylic oxidation sites excluding steroid dienone is 14. The van der Waals surface area contributed by atoms with Crippen LogP contribution in [0.1, 0.15) is 142 Å². The fourth-order valence-electron chi connectivity index (χ4n) is 5.09. The van der Waals surface area contributed by atoms with Crippen molar-refractivity contribution in [3.63, 3.8) is 0 Å². The lowest BCUT2D eigenvalue weighted by molar-refractivity contribution is -0.870. The first-order chi connectivity index (χ1) is 27.0. The summed E-state index contributed by atoms with van der Waals surface area (Å²) in [6, 6.07) is 0. The molecule has 0 aromatic rings. The Morgan fingerprint density at radius 2 is 1.05 bits per heavy atom. The average molecular weight is 805 g/mol. The van der Waals surface area contributed by atoms with E-state index in [2.05, 4.69) is 86.8 Å². The van der Waals surface area contributed by atoms with E-state index in [0.717, 1.165) is 70.6 Å². The first-order valence-electron chi connectivity index (χ1n) is 21.3. The zero-order valence-electron chi connectivity index (χ0n) is 35.8. The molecule has 0 aromatic heterocycles. The number of hydrogen-bond acceptors (Lipinski definition) is 7. The van der Waals surface area contributed by atoms with E-state index in [1.54, 1.807) is 0 Å². The van der Waals surface area contributed by atoms with Crippen molar-refractivity contribution in [2.45, 2.75) is 148 Å². The Morgan fingerprint density at radius 1 is 0.571 bits per heavy atom. The van der Waals surface area contributed by atoms with E-state index in [1.165, 1.54) is 32.1 Å². The Hall–Kier alpha value is -2.81. The molecule has 0 aliphatic rings. The van der Waals surface area contributed by atoms with Gasteiger partial charge in [-0.15, -0.1) is 0 Å². The molecule has 0 saturated heterocycles. The van der Waals surface area contributed by atoms with Crippen molar-refractivity contribution in [3.05, 3.63) is 85.1 Å². The molecule has 0 spiro atoms. The van der Waals surface area contributed by atoms with Crippen molar-refractivity contribution in [2.75, 3.05) is 47.5 Å². The van der Waals surface area contributed by atoms with Gasteiger partial charge in [-0.3, -0.25) is 18.6 Å². The predicted octanol–water partition coefficient (Wildman–Crippen LogP) is 12.0. The Kier molecular flexibility index (Phi) is 35.9. The summed E-state index contributed by atoms with van der Waals surface area (Å²) < 4.78 is 34.1. The molecule has 320 valence electrons. The first-order valence-corrected chi connectivity index (χ1v) is 22.8. The van der Waals surface area contributed by atoms with Crippen molar-refractivity contribution < 1.29 is 42.1 Å². The van der Waals surface area contributed by atoms with Gasteiger partial charge in [0.05, 0.1) is 27.7 Å². The lowest BCUT2D eigenvalue weighted by Crippen LogP contribution is -2.37. The van der Waals surface area contributed by atoms with E-state index < -0.39 is 32.5 Å². The van der Waals surface area contributed by atoms with Gasteiger partial charge in [-0.2, -0.15) is 0 Å². The summed E-state index contributed by atoms with van der Waals surface area (Å²) in [6.45, 7) is 4.17. The number of phosphoric acid groups is 1. The van der Waals surface area contributed by atoms with Crippen LogP contribution in [0.15, 0.2) is 85.1 Å². The molecule has 0 bridgehead atoms. The van der Waals surface area contributed by atoms with E-state index in [0.29, 0.717) is 23.9 Å². The van der Waals surface area contributed by atoms with Crippen LogP contribution < -0.4 is 0 Å². The summed E-state index contributed by atoms with van der Waals surface area (Å²) in [6.07, 6.45) is 47.9. The maximum Gasteiger partial charge on any atom is 0.472 e. The molecular weight excluding hydrogens is 725 g/mol. The molecule has 1 N–H and O–H groups in total. The van der Waals surface area contributed by atoms with E-state index in [4.69, 9.17) is 18.5 Å². The molecule has 0 heterocycles. The van der Waals surface area contributed by atoms with Crippen LogP contribution in [-0.4, -0.2) is 74.9 Å². The highest BCUT2D eigenvalue weighted by Gasteiger charge is 2.27. The normalized spacial score (nSPS) is 14.5. The number of unbranched alkanes of at least 4 members (excludes halogenated alkanes) is 9. The third kappa shape index (κ3) is 40.8. The third-order valence-electron chi connectivity index (χ3n) is 8.42. The monoisotopic (exact) mass is 805 g/mol. The maximum absolute atomic E-state index is 12.6. The maximum atomic E-state index is 12.6. The number of phosphoric ester groups is 1. The number of quaternary nitrogens is 1. The lowest BCUT2D eigenvalue weighted by Gasteiger charge is -2.24. The molecule has 0 saturated carbocycles. The quantitative estimate of drug-likeness (QED) is 0.0217. The Labute approximate surface area is 341 Å². The molecule has 0 amide bonds. The number of carbonyl (C=O) groups excluding carboxylic acids is 2. The average Bonchev–Trinajstić information content (AvgIpc) is 3.15. The minimum Gasteiger partial charge on any atom is -0.462 e. The topological polar surface area (TPSA) is 108 Å². The van der Waals surface area contributed by atoms with Crippen molar-refractivity contribution >= 4 is 19.8 Å². The van der Waals surface area contributed by atoms with Gasteiger partial charge in [0.2, 0.25) is 0 Å². The number of nitrogens with zero attached hydrogens (tertiary/aromatic N) is 1. The van der Waals surface area contributed by atoms with E-state index in [1.807, 2.05) is 33.3 Å². The van der Waals surface area contributed by atoms with Crippen LogP contribution in [0.25, 0.3) is 0 Å². The largest absolute Gasteiger partial charge is 0.472 e. The number of rotatable bonds is 37. The zero-order chi connectivity index (χ0) is 41.4. The second kappa shape index (κ2) is 37.7. The molecular formula is C46H79NO8P+. The van der Waals surface area contributed by atoms with E-state index in [-0.39, 0.29) is 26.1 Å². The molecule has 2 unspecified atom stereocenters. The Balaban J connectivity index is 4.55. The van der Waals surface area contributed by atoms with Gasteiger partial charge in [-0.1, -0.05) is 137 Å². The summed E-state index contributed by atoms with van der Waals surface area (Å²) in [4.78, 5) is 35.3. The molecule has 0 aliphatic heterocycles.